The van der Waals surface area contributed by atoms with Crippen LogP contribution >= 0.6 is 0 Å². The molecule has 0 aromatic rings. The van der Waals surface area contributed by atoms with Crippen LogP contribution in [0.5, 0.6) is 0 Å². The van der Waals surface area contributed by atoms with E-state index in [9.17, 15) is 4.21 Å². The van der Waals surface area contributed by atoms with Crippen LogP contribution in [-0.2, 0) is 11.0 Å². The summed E-state index contributed by atoms with van der Waals surface area (Å²) in [6.07, 6.45) is 10.0. The molecule has 2 rings (SSSR count). The highest BCUT2D eigenvalue weighted by Crippen LogP contribution is 2.24. The molecule has 3 heteroatoms. The van der Waals surface area contributed by atoms with Crippen LogP contribution in [0, 0.1) is 0 Å². The molecular formula is C10H19NOS. The highest BCUT2D eigenvalue weighted by Gasteiger charge is 2.24. The summed E-state index contributed by atoms with van der Waals surface area (Å²) in [5, 5.41) is 0.459. The second kappa shape index (κ2) is 4.56. The molecule has 0 heterocycles. The van der Waals surface area contributed by atoms with Crippen molar-refractivity contribution >= 4 is 11.0 Å². The Bertz CT molecular complexity index is 183. The van der Waals surface area contributed by atoms with Gasteiger partial charge in [0.2, 0.25) is 0 Å². The third kappa shape index (κ3) is 2.53. The Morgan fingerprint density at radius 2 is 1.46 bits per heavy atom. The van der Waals surface area contributed by atoms with Crippen molar-refractivity contribution in [3.05, 3.63) is 0 Å². The molecule has 2 saturated carbocycles. The van der Waals surface area contributed by atoms with Gasteiger partial charge in [0.25, 0.3) is 0 Å². The van der Waals surface area contributed by atoms with Crippen LogP contribution in [0.25, 0.3) is 0 Å². The monoisotopic (exact) mass is 201 g/mol. The van der Waals surface area contributed by atoms with Gasteiger partial charge in [0, 0.05) is 11.3 Å². The zero-order valence-electron chi connectivity index (χ0n) is 8.13. The lowest BCUT2D eigenvalue weighted by molar-refractivity contribution is 0.606. The maximum Gasteiger partial charge on any atom is 0.0949 e. The molecular weight excluding hydrogens is 182 g/mol. The van der Waals surface area contributed by atoms with Gasteiger partial charge in [-0.3, -0.25) is 0 Å². The van der Waals surface area contributed by atoms with E-state index in [1.807, 2.05) is 0 Å². The standard InChI is InChI=1S/C10H19NOS/c12-13(10-7-3-4-8-10)11-9-5-1-2-6-9/h9-11H,1-8H2. The van der Waals surface area contributed by atoms with Crippen LogP contribution in [-0.4, -0.2) is 15.5 Å². The maximum absolute atomic E-state index is 11.8. The average Bonchev–Trinajstić information content (AvgIpc) is 2.74. The third-order valence-corrected chi connectivity index (χ3v) is 4.89. The van der Waals surface area contributed by atoms with Gasteiger partial charge in [0.05, 0.1) is 11.0 Å². The van der Waals surface area contributed by atoms with E-state index in [-0.39, 0.29) is 0 Å². The Morgan fingerprint density at radius 3 is 2.08 bits per heavy atom. The van der Waals surface area contributed by atoms with Crippen LogP contribution in [0.3, 0.4) is 0 Å². The van der Waals surface area contributed by atoms with Crippen molar-refractivity contribution in [3.63, 3.8) is 0 Å². The van der Waals surface area contributed by atoms with Crippen LogP contribution < -0.4 is 4.72 Å². The Morgan fingerprint density at radius 1 is 0.923 bits per heavy atom. The lowest BCUT2D eigenvalue weighted by Crippen LogP contribution is -2.33. The SMILES string of the molecule is O=S(NC1CCCC1)C1CCCC1. The molecule has 2 aliphatic carbocycles. The molecule has 0 saturated heterocycles. The first-order valence-electron chi connectivity index (χ1n) is 5.53. The van der Waals surface area contributed by atoms with Gasteiger partial charge < -0.3 is 0 Å². The minimum atomic E-state index is -0.735. The van der Waals surface area contributed by atoms with Crippen LogP contribution in [0.1, 0.15) is 51.4 Å². The van der Waals surface area contributed by atoms with Gasteiger partial charge in [-0.2, -0.15) is 0 Å². The molecule has 2 aliphatic rings. The molecule has 0 aromatic carbocycles. The highest BCUT2D eigenvalue weighted by atomic mass is 32.2. The molecule has 0 amide bonds. The summed E-state index contributed by atoms with van der Waals surface area (Å²) in [6, 6.07) is 0.557. The smallest absolute Gasteiger partial charge is 0.0949 e. The van der Waals surface area contributed by atoms with Crippen LogP contribution in [0.2, 0.25) is 0 Å². The minimum absolute atomic E-state index is 0.459. The van der Waals surface area contributed by atoms with Crippen LogP contribution in [0.15, 0.2) is 0 Å². The summed E-state index contributed by atoms with van der Waals surface area (Å²) < 4.78 is 15.1. The lowest BCUT2D eigenvalue weighted by Gasteiger charge is -2.14. The minimum Gasteiger partial charge on any atom is -0.243 e. The molecule has 0 bridgehead atoms. The Hall–Kier alpha value is 0.110. The van der Waals surface area contributed by atoms with Crippen molar-refractivity contribution in [2.24, 2.45) is 0 Å². The van der Waals surface area contributed by atoms with Crippen molar-refractivity contribution in [2.75, 3.05) is 0 Å². The fourth-order valence-corrected chi connectivity index (χ4v) is 3.92. The van der Waals surface area contributed by atoms with E-state index in [0.29, 0.717) is 11.3 Å². The topological polar surface area (TPSA) is 29.1 Å². The summed E-state index contributed by atoms with van der Waals surface area (Å²) >= 11 is 0. The Kier molecular flexibility index (Phi) is 3.39. The van der Waals surface area contributed by atoms with Gasteiger partial charge in [0.15, 0.2) is 0 Å². The summed E-state index contributed by atoms with van der Waals surface area (Å²) in [6.45, 7) is 0. The predicted octanol–water partition coefficient (Wildman–Crippen LogP) is 2.12. The van der Waals surface area contributed by atoms with Gasteiger partial charge in [-0.1, -0.05) is 25.7 Å². The lowest BCUT2D eigenvalue weighted by atomic mass is 10.3. The molecule has 76 valence electrons. The van der Waals surface area contributed by atoms with Crippen molar-refractivity contribution in [3.8, 4) is 0 Å². The maximum atomic E-state index is 11.8. The zero-order chi connectivity index (χ0) is 9.10. The highest BCUT2D eigenvalue weighted by molar-refractivity contribution is 7.83. The number of hydrogen-bond acceptors (Lipinski definition) is 1. The number of nitrogens with one attached hydrogen (secondary N) is 1. The first-order chi connectivity index (χ1) is 6.36. The van der Waals surface area contributed by atoms with E-state index in [1.165, 1.54) is 51.4 Å². The van der Waals surface area contributed by atoms with E-state index in [2.05, 4.69) is 4.72 Å². The Labute approximate surface area is 83.1 Å². The molecule has 2 nitrogen and oxygen atoms in total. The van der Waals surface area contributed by atoms with Crippen molar-refractivity contribution in [1.82, 2.24) is 4.72 Å². The van der Waals surface area contributed by atoms with Gasteiger partial charge >= 0.3 is 0 Å². The molecule has 2 fully saturated rings. The summed E-state index contributed by atoms with van der Waals surface area (Å²) in [5.41, 5.74) is 0. The number of rotatable bonds is 3. The van der Waals surface area contributed by atoms with Gasteiger partial charge in [-0.25, -0.2) is 8.93 Å². The fraction of sp³-hybridized carbons (Fsp3) is 1.00. The second-order valence-electron chi connectivity index (χ2n) is 4.30. The van der Waals surface area contributed by atoms with Gasteiger partial charge in [-0.05, 0) is 25.7 Å². The Balaban J connectivity index is 1.76. The molecule has 0 spiro atoms. The average molecular weight is 201 g/mol. The molecule has 1 unspecified atom stereocenters. The van der Waals surface area contributed by atoms with Crippen molar-refractivity contribution < 1.29 is 4.21 Å². The van der Waals surface area contributed by atoms with E-state index < -0.39 is 11.0 Å². The largest absolute Gasteiger partial charge is 0.243 e. The predicted molar refractivity (Wildman–Crippen MR) is 55.8 cm³/mol. The molecule has 1 N–H and O–H groups in total. The van der Waals surface area contributed by atoms with Gasteiger partial charge in [-0.15, -0.1) is 0 Å². The normalized spacial score (nSPS) is 28.3. The second-order valence-corrected chi connectivity index (χ2v) is 5.80. The molecule has 13 heavy (non-hydrogen) atoms. The molecule has 0 aliphatic heterocycles. The van der Waals surface area contributed by atoms with E-state index in [0.717, 1.165) is 0 Å². The quantitative estimate of drug-likeness (QED) is 0.744. The molecule has 0 aromatic heterocycles. The first-order valence-corrected chi connectivity index (χ1v) is 6.74. The van der Waals surface area contributed by atoms with Crippen LogP contribution in [0.4, 0.5) is 0 Å². The summed E-state index contributed by atoms with van der Waals surface area (Å²) in [4.78, 5) is 0. The zero-order valence-corrected chi connectivity index (χ0v) is 8.94. The fourth-order valence-electron chi connectivity index (χ4n) is 2.41. The van der Waals surface area contributed by atoms with E-state index >= 15 is 0 Å². The van der Waals surface area contributed by atoms with Crippen molar-refractivity contribution in [2.45, 2.75) is 62.7 Å². The van der Waals surface area contributed by atoms with E-state index in [4.69, 9.17) is 0 Å². The van der Waals surface area contributed by atoms with Gasteiger partial charge in [0.1, 0.15) is 0 Å². The third-order valence-electron chi connectivity index (χ3n) is 3.24. The van der Waals surface area contributed by atoms with E-state index in [1.54, 1.807) is 0 Å². The molecule has 0 radical (unpaired) electrons. The summed E-state index contributed by atoms with van der Waals surface area (Å²) in [5.74, 6) is 0. The number of hydrogen-bond donors (Lipinski definition) is 1. The summed E-state index contributed by atoms with van der Waals surface area (Å²) in [7, 11) is -0.735. The molecule has 1 atom stereocenters. The first kappa shape index (κ1) is 9.66. The van der Waals surface area contributed by atoms with Crippen molar-refractivity contribution in [1.29, 1.82) is 0 Å².